The molecule has 0 bridgehead atoms. The Hall–Kier alpha value is -3.39. The van der Waals surface area contributed by atoms with E-state index < -0.39 is 16.1 Å². The van der Waals surface area contributed by atoms with Gasteiger partial charge in [-0.05, 0) is 55.5 Å². The van der Waals surface area contributed by atoms with Crippen LogP contribution in [0.2, 0.25) is 0 Å². The van der Waals surface area contributed by atoms with Crippen LogP contribution in [-0.2, 0) is 4.79 Å². The molecule has 1 aliphatic heterocycles. The molecule has 10 heteroatoms. The van der Waals surface area contributed by atoms with E-state index in [1.807, 2.05) is 24.4 Å². The molecule has 0 unspecified atom stereocenters. The van der Waals surface area contributed by atoms with Gasteiger partial charge in [0.25, 0.3) is 0 Å². The third kappa shape index (κ3) is 5.39. The molecule has 0 radical (unpaired) electrons. The van der Waals surface area contributed by atoms with E-state index in [-0.39, 0.29) is 17.7 Å². The van der Waals surface area contributed by atoms with Gasteiger partial charge in [0.2, 0.25) is 5.91 Å². The molecule has 204 valence electrons. The van der Waals surface area contributed by atoms with E-state index >= 15 is 0 Å². The van der Waals surface area contributed by atoms with Crippen molar-refractivity contribution in [3.05, 3.63) is 60.6 Å². The van der Waals surface area contributed by atoms with Crippen LogP contribution in [0.5, 0.6) is 0 Å². The molecule has 3 fully saturated rings. The van der Waals surface area contributed by atoms with E-state index in [0.717, 1.165) is 48.2 Å². The lowest BCUT2D eigenvalue weighted by Crippen LogP contribution is -2.42. The Balaban J connectivity index is 1.33. The average Bonchev–Trinajstić information content (AvgIpc) is 3.60. The van der Waals surface area contributed by atoms with Gasteiger partial charge in [0.1, 0.15) is 5.54 Å². The maximum absolute atomic E-state index is 13.4. The van der Waals surface area contributed by atoms with Crippen LogP contribution in [0, 0.1) is 17.2 Å². The number of hydrogen-bond donors (Lipinski definition) is 3. The Bertz CT molecular complexity index is 1370. The molecule has 3 heterocycles. The first-order chi connectivity index (χ1) is 18.9. The molecule has 1 amide bonds. The number of amides is 1. The van der Waals surface area contributed by atoms with Crippen LogP contribution in [-0.4, -0.2) is 59.9 Å². The molecule has 2 atom stereocenters. The summed E-state index contributed by atoms with van der Waals surface area (Å²) < 4.78 is 21.8. The fraction of sp³-hybridized carbons (Fsp3) is 0.448. The molecule has 0 spiro atoms. The number of pyridine rings is 1. The van der Waals surface area contributed by atoms with Gasteiger partial charge in [-0.1, -0.05) is 31.0 Å². The highest BCUT2D eigenvalue weighted by atomic mass is 32.3. The Morgan fingerprint density at radius 1 is 1.08 bits per heavy atom. The van der Waals surface area contributed by atoms with Gasteiger partial charge in [-0.2, -0.15) is 21.0 Å². The van der Waals surface area contributed by atoms with Crippen molar-refractivity contribution < 1.29 is 13.9 Å². The second-order valence-corrected chi connectivity index (χ2v) is 13.4. The van der Waals surface area contributed by atoms with E-state index in [2.05, 4.69) is 45.5 Å². The summed E-state index contributed by atoms with van der Waals surface area (Å²) in [4.78, 5) is 20.1. The van der Waals surface area contributed by atoms with Crippen molar-refractivity contribution in [3.8, 4) is 23.0 Å². The number of nitriles is 1. The molecule has 3 aliphatic rings. The van der Waals surface area contributed by atoms with E-state index in [1.54, 1.807) is 10.9 Å². The van der Waals surface area contributed by atoms with Crippen LogP contribution in [0.4, 0.5) is 5.69 Å². The van der Waals surface area contributed by atoms with E-state index in [0.29, 0.717) is 43.3 Å². The van der Waals surface area contributed by atoms with Crippen molar-refractivity contribution in [3.63, 3.8) is 0 Å². The summed E-state index contributed by atoms with van der Waals surface area (Å²) in [5, 5.41) is 17.6. The van der Waals surface area contributed by atoms with Gasteiger partial charge in [0.05, 0.1) is 23.3 Å². The first-order valence-corrected chi connectivity index (χ1v) is 15.6. The highest BCUT2D eigenvalue weighted by molar-refractivity contribution is 8.24. The van der Waals surface area contributed by atoms with Gasteiger partial charge in [-0.25, -0.2) is 9.67 Å². The fourth-order valence-corrected chi connectivity index (χ4v) is 7.05. The Labute approximate surface area is 230 Å². The molecule has 3 aromatic rings. The minimum atomic E-state index is -2.45. The van der Waals surface area contributed by atoms with Gasteiger partial charge in [-0.15, -0.1) is 0 Å². The second-order valence-electron chi connectivity index (χ2n) is 11.0. The van der Waals surface area contributed by atoms with Gasteiger partial charge < -0.3 is 10.2 Å². The molecule has 1 saturated heterocycles. The van der Waals surface area contributed by atoms with E-state index in [1.165, 1.54) is 0 Å². The Morgan fingerprint density at radius 3 is 2.49 bits per heavy atom. The highest BCUT2D eigenvalue weighted by Gasteiger charge is 2.47. The maximum atomic E-state index is 13.4. The van der Waals surface area contributed by atoms with Crippen LogP contribution < -0.4 is 10.2 Å². The number of rotatable bonds is 6. The number of nitrogens with one attached hydrogen (secondary N) is 1. The van der Waals surface area contributed by atoms with E-state index in [4.69, 9.17) is 5.10 Å². The molecule has 6 rings (SSSR count). The van der Waals surface area contributed by atoms with Crippen LogP contribution in [0.1, 0.15) is 50.1 Å². The largest absolute Gasteiger partial charge is 0.368 e. The highest BCUT2D eigenvalue weighted by Crippen LogP contribution is 2.44. The van der Waals surface area contributed by atoms with E-state index in [9.17, 15) is 19.2 Å². The topological polar surface area (TPSA) is 127 Å². The van der Waals surface area contributed by atoms with Gasteiger partial charge in [0, 0.05) is 48.6 Å². The average molecular weight is 547 g/mol. The molecule has 1 aromatic carbocycles. The van der Waals surface area contributed by atoms with Crippen molar-refractivity contribution in [2.45, 2.75) is 50.0 Å². The third-order valence-electron chi connectivity index (χ3n) is 8.33. The SMILES string of the molecule is N#CC1(NC(=O)[C@@H]2CCCC[C@H]2c2nn(-c3ccccn3)cc2-c2ccc(N3CCS(O)(O)CC3)cc2)CC1. The van der Waals surface area contributed by atoms with Gasteiger partial charge in [0.15, 0.2) is 5.82 Å². The number of carbonyl (C=O) groups excluding carboxylic acids is 1. The van der Waals surface area contributed by atoms with Crippen LogP contribution in [0.15, 0.2) is 54.9 Å². The summed E-state index contributed by atoms with van der Waals surface area (Å²) in [7, 11) is -2.45. The zero-order valence-electron chi connectivity index (χ0n) is 21.9. The molecule has 9 nitrogen and oxygen atoms in total. The Morgan fingerprint density at radius 2 is 1.82 bits per heavy atom. The number of carbonyl (C=O) groups is 1. The minimum Gasteiger partial charge on any atom is -0.368 e. The van der Waals surface area contributed by atoms with Crippen molar-refractivity contribution >= 4 is 22.2 Å². The predicted molar refractivity (Wildman–Crippen MR) is 152 cm³/mol. The maximum Gasteiger partial charge on any atom is 0.225 e. The fourth-order valence-electron chi connectivity index (χ4n) is 5.82. The Kier molecular flexibility index (Phi) is 6.83. The van der Waals surface area contributed by atoms with Crippen LogP contribution in [0.3, 0.4) is 0 Å². The van der Waals surface area contributed by atoms with Crippen molar-refractivity contribution in [1.29, 1.82) is 5.26 Å². The van der Waals surface area contributed by atoms with Crippen molar-refractivity contribution in [1.82, 2.24) is 20.1 Å². The summed E-state index contributed by atoms with van der Waals surface area (Å²) in [6, 6.07) is 16.3. The number of aromatic nitrogens is 3. The number of hydrogen-bond acceptors (Lipinski definition) is 7. The summed E-state index contributed by atoms with van der Waals surface area (Å²) in [5.41, 5.74) is 3.24. The van der Waals surface area contributed by atoms with Crippen molar-refractivity contribution in [2.75, 3.05) is 29.5 Å². The number of benzene rings is 1. The van der Waals surface area contributed by atoms with Gasteiger partial charge >= 0.3 is 0 Å². The molecule has 39 heavy (non-hydrogen) atoms. The normalized spacial score (nSPS) is 24.4. The molecule has 2 saturated carbocycles. The molecule has 2 aromatic heterocycles. The summed E-state index contributed by atoms with van der Waals surface area (Å²) in [5.74, 6) is 1.18. The van der Waals surface area contributed by atoms with Crippen LogP contribution >= 0.6 is 10.6 Å². The number of nitrogens with zero attached hydrogens (tertiary/aromatic N) is 5. The first-order valence-electron chi connectivity index (χ1n) is 13.7. The lowest BCUT2D eigenvalue weighted by Gasteiger charge is -2.41. The first kappa shape index (κ1) is 25.9. The minimum absolute atomic E-state index is 0.0384. The standard InChI is InChI=1S/C29H34N6O3S/c30-20-29(12-13-29)32-28(36)24-6-2-1-5-23(24)27-25(19-35(33-27)26-7-3-4-14-31-26)21-8-10-22(11-9-21)34-15-17-39(37,38)18-16-34/h3-4,7-11,14,19,23-24,37-38H,1-2,5-6,12-13,15-18H2,(H,32,36)/t23-,24-/m1/s1. The zero-order valence-corrected chi connectivity index (χ0v) is 22.7. The molecular formula is C29H34N6O3S. The van der Waals surface area contributed by atoms with Crippen LogP contribution in [0.25, 0.3) is 16.9 Å². The third-order valence-corrected chi connectivity index (χ3v) is 10.00. The monoisotopic (exact) mass is 546 g/mol. The number of anilines is 1. The molecule has 3 N–H and O–H groups in total. The quantitative estimate of drug-likeness (QED) is 0.399. The predicted octanol–water partition coefficient (Wildman–Crippen LogP) is 4.95. The summed E-state index contributed by atoms with van der Waals surface area (Å²) >= 11 is 0. The zero-order chi connectivity index (χ0) is 27.0. The summed E-state index contributed by atoms with van der Waals surface area (Å²) in [6.07, 6.45) is 8.84. The lowest BCUT2D eigenvalue weighted by atomic mass is 9.75. The van der Waals surface area contributed by atoms with Crippen molar-refractivity contribution in [2.24, 2.45) is 5.92 Å². The lowest BCUT2D eigenvalue weighted by molar-refractivity contribution is -0.127. The molecule has 2 aliphatic carbocycles. The second kappa shape index (κ2) is 10.3. The summed E-state index contributed by atoms with van der Waals surface area (Å²) in [6.45, 7) is 1.24. The smallest absolute Gasteiger partial charge is 0.225 e. The molecular weight excluding hydrogens is 512 g/mol. The van der Waals surface area contributed by atoms with Gasteiger partial charge in [-0.3, -0.25) is 13.9 Å².